The van der Waals surface area contributed by atoms with E-state index in [-0.39, 0.29) is 11.8 Å². The van der Waals surface area contributed by atoms with Crippen LogP contribution < -0.4 is 10.1 Å². The van der Waals surface area contributed by atoms with Gasteiger partial charge in [-0.05, 0) is 25.0 Å². The Balaban J connectivity index is 2.14. The summed E-state index contributed by atoms with van der Waals surface area (Å²) in [6, 6.07) is 7.07. The SMILES string of the molecule is CC(=O)N/C(=C\c1ccccc1OCC1CCCO1)C(=O)O. The first kappa shape index (κ1) is 16.0. The molecule has 2 N–H and O–H groups in total. The Kier molecular flexibility index (Phi) is 5.55. The molecule has 1 amide bonds. The molecule has 2 rings (SSSR count). The molecule has 0 aliphatic carbocycles. The average Bonchev–Trinajstić information content (AvgIpc) is 2.98. The summed E-state index contributed by atoms with van der Waals surface area (Å²) >= 11 is 0. The van der Waals surface area contributed by atoms with Crippen LogP contribution in [-0.4, -0.2) is 36.3 Å². The van der Waals surface area contributed by atoms with E-state index in [1.807, 2.05) is 0 Å². The highest BCUT2D eigenvalue weighted by Crippen LogP contribution is 2.22. The van der Waals surface area contributed by atoms with Gasteiger partial charge in [-0.1, -0.05) is 18.2 Å². The summed E-state index contributed by atoms with van der Waals surface area (Å²) in [7, 11) is 0. The zero-order chi connectivity index (χ0) is 15.9. The second kappa shape index (κ2) is 7.61. The molecule has 0 aromatic heterocycles. The van der Waals surface area contributed by atoms with Gasteiger partial charge < -0.3 is 19.9 Å². The summed E-state index contributed by atoms with van der Waals surface area (Å²) in [6.45, 7) is 2.44. The van der Waals surface area contributed by atoms with Crippen LogP contribution in [0.5, 0.6) is 5.75 Å². The molecule has 22 heavy (non-hydrogen) atoms. The van der Waals surface area contributed by atoms with Gasteiger partial charge >= 0.3 is 5.97 Å². The third-order valence-corrected chi connectivity index (χ3v) is 3.21. The number of rotatable bonds is 6. The molecule has 0 spiro atoms. The molecular weight excluding hydrogens is 286 g/mol. The van der Waals surface area contributed by atoms with Crippen molar-refractivity contribution < 1.29 is 24.2 Å². The fourth-order valence-electron chi connectivity index (χ4n) is 2.19. The number of hydrogen-bond acceptors (Lipinski definition) is 4. The van der Waals surface area contributed by atoms with E-state index in [4.69, 9.17) is 14.6 Å². The van der Waals surface area contributed by atoms with Crippen LogP contribution in [0.4, 0.5) is 0 Å². The van der Waals surface area contributed by atoms with E-state index in [9.17, 15) is 9.59 Å². The zero-order valence-corrected chi connectivity index (χ0v) is 12.4. The van der Waals surface area contributed by atoms with Crippen molar-refractivity contribution in [3.63, 3.8) is 0 Å². The number of amides is 1. The Hall–Kier alpha value is -2.34. The highest BCUT2D eigenvalue weighted by atomic mass is 16.5. The number of carboxylic acids is 1. The molecule has 0 saturated carbocycles. The van der Waals surface area contributed by atoms with E-state index < -0.39 is 11.9 Å². The summed E-state index contributed by atoms with van der Waals surface area (Å²) in [5, 5.41) is 11.4. The van der Waals surface area contributed by atoms with E-state index in [2.05, 4.69) is 5.32 Å². The Labute approximate surface area is 128 Å². The molecule has 1 aromatic rings. The molecule has 1 atom stereocenters. The van der Waals surface area contributed by atoms with Gasteiger partial charge in [0.25, 0.3) is 0 Å². The van der Waals surface area contributed by atoms with Crippen molar-refractivity contribution in [1.29, 1.82) is 0 Å². The highest BCUT2D eigenvalue weighted by Gasteiger charge is 2.17. The second-order valence-corrected chi connectivity index (χ2v) is 5.03. The summed E-state index contributed by atoms with van der Waals surface area (Å²) in [6.07, 6.45) is 3.45. The molecule has 1 aliphatic heterocycles. The maximum atomic E-state index is 11.2. The molecule has 0 bridgehead atoms. The van der Waals surface area contributed by atoms with E-state index in [1.54, 1.807) is 24.3 Å². The quantitative estimate of drug-likeness (QED) is 0.783. The number of nitrogens with one attached hydrogen (secondary N) is 1. The highest BCUT2D eigenvalue weighted by molar-refractivity contribution is 5.96. The zero-order valence-electron chi connectivity index (χ0n) is 12.4. The predicted molar refractivity (Wildman–Crippen MR) is 80.3 cm³/mol. The minimum Gasteiger partial charge on any atom is -0.490 e. The minimum absolute atomic E-state index is 0.0753. The largest absolute Gasteiger partial charge is 0.490 e. The smallest absolute Gasteiger partial charge is 0.352 e. The third kappa shape index (κ3) is 4.60. The number of aliphatic carboxylic acids is 1. The molecule has 6 nitrogen and oxygen atoms in total. The Bertz CT molecular complexity index is 576. The summed E-state index contributed by atoms with van der Waals surface area (Å²) in [4.78, 5) is 22.2. The number of carboxylic acid groups (broad SMARTS) is 1. The Morgan fingerprint density at radius 1 is 1.45 bits per heavy atom. The first-order valence-corrected chi connectivity index (χ1v) is 7.12. The van der Waals surface area contributed by atoms with Crippen molar-refractivity contribution in [3.05, 3.63) is 35.5 Å². The van der Waals surface area contributed by atoms with Crippen LogP contribution in [0.1, 0.15) is 25.3 Å². The fourth-order valence-corrected chi connectivity index (χ4v) is 2.19. The van der Waals surface area contributed by atoms with E-state index in [0.29, 0.717) is 17.9 Å². The lowest BCUT2D eigenvalue weighted by Crippen LogP contribution is -2.24. The summed E-state index contributed by atoms with van der Waals surface area (Å²) < 4.78 is 11.2. The van der Waals surface area contributed by atoms with Crippen molar-refractivity contribution in [2.75, 3.05) is 13.2 Å². The number of hydrogen-bond donors (Lipinski definition) is 2. The van der Waals surface area contributed by atoms with Crippen LogP contribution in [0.15, 0.2) is 30.0 Å². The fraction of sp³-hybridized carbons (Fsp3) is 0.375. The third-order valence-electron chi connectivity index (χ3n) is 3.21. The van der Waals surface area contributed by atoms with Crippen LogP contribution in [0.25, 0.3) is 6.08 Å². The molecule has 0 radical (unpaired) electrons. The van der Waals surface area contributed by atoms with Gasteiger partial charge in [0.2, 0.25) is 5.91 Å². The second-order valence-electron chi connectivity index (χ2n) is 5.03. The Morgan fingerprint density at radius 2 is 2.23 bits per heavy atom. The Morgan fingerprint density at radius 3 is 2.86 bits per heavy atom. The monoisotopic (exact) mass is 305 g/mol. The molecule has 1 unspecified atom stereocenters. The van der Waals surface area contributed by atoms with Crippen molar-refractivity contribution >= 4 is 18.0 Å². The lowest BCUT2D eigenvalue weighted by atomic mass is 10.1. The molecular formula is C16H19NO5. The molecule has 6 heteroatoms. The first-order valence-electron chi connectivity index (χ1n) is 7.12. The molecule has 1 aliphatic rings. The average molecular weight is 305 g/mol. The van der Waals surface area contributed by atoms with Gasteiger partial charge in [0.15, 0.2) is 0 Å². The van der Waals surface area contributed by atoms with Gasteiger partial charge in [0.1, 0.15) is 18.1 Å². The molecule has 1 fully saturated rings. The molecule has 1 aromatic carbocycles. The van der Waals surface area contributed by atoms with Crippen LogP contribution >= 0.6 is 0 Å². The molecule has 118 valence electrons. The van der Waals surface area contributed by atoms with E-state index in [0.717, 1.165) is 19.4 Å². The number of para-hydroxylation sites is 1. The molecule has 1 saturated heterocycles. The lowest BCUT2D eigenvalue weighted by molar-refractivity contribution is -0.134. The van der Waals surface area contributed by atoms with Crippen LogP contribution in [0.3, 0.4) is 0 Å². The van der Waals surface area contributed by atoms with Crippen molar-refractivity contribution in [1.82, 2.24) is 5.32 Å². The topological polar surface area (TPSA) is 84.9 Å². The maximum Gasteiger partial charge on any atom is 0.352 e. The molecule has 1 heterocycles. The first-order chi connectivity index (χ1) is 10.6. The van der Waals surface area contributed by atoms with Gasteiger partial charge in [-0.25, -0.2) is 4.79 Å². The number of carbonyl (C=O) groups excluding carboxylic acids is 1. The minimum atomic E-state index is -1.20. The lowest BCUT2D eigenvalue weighted by Gasteiger charge is -2.13. The van der Waals surface area contributed by atoms with Gasteiger partial charge in [-0.2, -0.15) is 0 Å². The van der Waals surface area contributed by atoms with Crippen LogP contribution in [-0.2, 0) is 14.3 Å². The van der Waals surface area contributed by atoms with Crippen LogP contribution in [0, 0.1) is 0 Å². The maximum absolute atomic E-state index is 11.2. The van der Waals surface area contributed by atoms with Crippen molar-refractivity contribution in [2.24, 2.45) is 0 Å². The number of ether oxygens (including phenoxy) is 2. The van der Waals surface area contributed by atoms with Crippen molar-refractivity contribution in [2.45, 2.75) is 25.9 Å². The van der Waals surface area contributed by atoms with E-state index >= 15 is 0 Å². The number of carbonyl (C=O) groups is 2. The summed E-state index contributed by atoms with van der Waals surface area (Å²) in [5.41, 5.74) is 0.396. The van der Waals surface area contributed by atoms with E-state index in [1.165, 1.54) is 13.0 Å². The van der Waals surface area contributed by atoms with Gasteiger partial charge in [-0.15, -0.1) is 0 Å². The van der Waals surface area contributed by atoms with Crippen LogP contribution in [0.2, 0.25) is 0 Å². The normalized spacial score (nSPS) is 18.0. The number of benzene rings is 1. The summed E-state index contributed by atoms with van der Waals surface area (Å²) in [5.74, 6) is -1.09. The van der Waals surface area contributed by atoms with Gasteiger partial charge in [-0.3, -0.25) is 4.79 Å². The van der Waals surface area contributed by atoms with Gasteiger partial charge in [0.05, 0.1) is 6.10 Å². The van der Waals surface area contributed by atoms with Crippen molar-refractivity contribution in [3.8, 4) is 5.75 Å². The standard InChI is InChI=1S/C16H19NO5/c1-11(18)17-14(16(19)20)9-12-5-2-3-7-15(12)22-10-13-6-4-8-21-13/h2-3,5,7,9,13H,4,6,8,10H2,1H3,(H,17,18)(H,19,20)/b14-9-. The predicted octanol–water partition coefficient (Wildman–Crippen LogP) is 1.81. The van der Waals surface area contributed by atoms with Gasteiger partial charge in [0, 0.05) is 19.1 Å².